The zero-order valence-corrected chi connectivity index (χ0v) is 31.2. The van der Waals surface area contributed by atoms with Gasteiger partial charge in [0.05, 0.1) is 34.3 Å². The maximum absolute atomic E-state index is 13.8. The van der Waals surface area contributed by atoms with Crippen molar-refractivity contribution in [3.63, 3.8) is 0 Å². The molecule has 1 aromatic heterocycles. The maximum atomic E-state index is 13.8. The van der Waals surface area contributed by atoms with Crippen LogP contribution in [0.3, 0.4) is 0 Å². The third kappa shape index (κ3) is 10.3. The number of hydrogen-bond acceptors (Lipinski definition) is 7. The largest absolute Gasteiger partial charge is 0.370 e. The molecule has 0 spiro atoms. The lowest BCUT2D eigenvalue weighted by Crippen LogP contribution is -2.25. The number of nitriles is 1. The fourth-order valence-corrected chi connectivity index (χ4v) is 5.75. The summed E-state index contributed by atoms with van der Waals surface area (Å²) in [6, 6.07) is 18.2. The predicted molar refractivity (Wildman–Crippen MR) is 200 cm³/mol. The number of carbonyl (C=O) groups is 3. The van der Waals surface area contributed by atoms with Gasteiger partial charge >= 0.3 is 0 Å². The summed E-state index contributed by atoms with van der Waals surface area (Å²) in [6.45, 7) is 10.6. The maximum Gasteiger partial charge on any atom is 0.281 e. The number of nitrogens with one attached hydrogen (secondary N) is 2. The molecule has 1 atom stereocenters. The predicted octanol–water partition coefficient (Wildman–Crippen LogP) is 7.78. The van der Waals surface area contributed by atoms with Gasteiger partial charge in [-0.1, -0.05) is 59.6 Å². The fourth-order valence-electron chi connectivity index (χ4n) is 4.88. The third-order valence-corrected chi connectivity index (χ3v) is 8.75. The molecule has 2 heterocycles. The average molecular weight is 751 g/mol. The number of ether oxygens (including phenoxy) is 1. The van der Waals surface area contributed by atoms with Crippen LogP contribution >= 0.6 is 21.0 Å². The van der Waals surface area contributed by atoms with Crippen LogP contribution in [-0.2, 0) is 28.0 Å². The Morgan fingerprint density at radius 2 is 1.85 bits per heavy atom. The molecule has 0 radical (unpaired) electrons. The number of thioether (sulfide) groups is 1. The van der Waals surface area contributed by atoms with Crippen LogP contribution in [0.25, 0.3) is 11.3 Å². The van der Waals surface area contributed by atoms with E-state index in [2.05, 4.69) is 22.3 Å². The van der Waals surface area contributed by atoms with Crippen molar-refractivity contribution >= 4 is 55.9 Å². The monoisotopic (exact) mass is 750 g/mol. The number of rotatable bonds is 10. The van der Waals surface area contributed by atoms with Gasteiger partial charge in [-0.15, -0.1) is 0 Å². The van der Waals surface area contributed by atoms with Crippen LogP contribution in [0.1, 0.15) is 46.5 Å². The summed E-state index contributed by atoms with van der Waals surface area (Å²) in [7, 11) is 3.12. The molecule has 272 valence electrons. The minimum absolute atomic E-state index is 0.0152. The molecule has 3 amide bonds. The highest BCUT2D eigenvalue weighted by molar-refractivity contribution is 8.04. The van der Waals surface area contributed by atoms with Gasteiger partial charge in [0.25, 0.3) is 11.6 Å². The molecule has 5 rings (SSSR count). The highest BCUT2D eigenvalue weighted by atomic mass is 32.2. The summed E-state index contributed by atoms with van der Waals surface area (Å²) in [5.74, 6) is -0.727. The normalized spacial score (nSPS) is 12.8. The molecule has 1 unspecified atom stereocenters. The van der Waals surface area contributed by atoms with Crippen molar-refractivity contribution in [3.8, 4) is 17.3 Å². The van der Waals surface area contributed by atoms with Gasteiger partial charge in [-0.05, 0) is 61.4 Å². The van der Waals surface area contributed by atoms with Crippen LogP contribution in [0, 0.1) is 36.9 Å². The first-order valence-electron chi connectivity index (χ1n) is 15.9. The first kappa shape index (κ1) is 39.8. The van der Waals surface area contributed by atoms with Crippen molar-refractivity contribution in [2.24, 2.45) is 13.0 Å². The van der Waals surface area contributed by atoms with Gasteiger partial charge in [0.2, 0.25) is 11.8 Å². The summed E-state index contributed by atoms with van der Waals surface area (Å²) in [5, 5.41) is 19.5. The second-order valence-corrected chi connectivity index (χ2v) is 14.2. The van der Waals surface area contributed by atoms with E-state index in [4.69, 9.17) is 10.00 Å². The molecule has 3 aromatic carbocycles. The SMILES string of the molecule is C=C1SCC(=O)N1c1cc(C)ccc1COCC(F)(F)P.Cc1cc(-c2cc(NC(=O)c3ccc(C#N)c(F)c3)n(C)n2)ccc1NC(=O)C(C)C. The van der Waals surface area contributed by atoms with Gasteiger partial charge in [0, 0.05) is 41.4 Å². The van der Waals surface area contributed by atoms with Crippen LogP contribution < -0.4 is 15.5 Å². The van der Waals surface area contributed by atoms with Crippen molar-refractivity contribution < 1.29 is 32.3 Å². The molecule has 0 bridgehead atoms. The lowest BCUT2D eigenvalue weighted by Gasteiger charge is -2.21. The fraction of sp³-hybridized carbons (Fsp3) is 0.270. The topological polar surface area (TPSA) is 129 Å². The van der Waals surface area contributed by atoms with Crippen molar-refractivity contribution in [3.05, 3.63) is 106 Å². The van der Waals surface area contributed by atoms with E-state index >= 15 is 0 Å². The van der Waals surface area contributed by atoms with Crippen molar-refractivity contribution in [1.82, 2.24) is 9.78 Å². The Morgan fingerprint density at radius 1 is 1.12 bits per heavy atom. The summed E-state index contributed by atoms with van der Waals surface area (Å²) in [5.41, 5.74) is 2.41. The van der Waals surface area contributed by atoms with Gasteiger partial charge in [0.15, 0.2) is 0 Å². The number of hydrogen-bond donors (Lipinski definition) is 2. The van der Waals surface area contributed by atoms with Crippen LogP contribution in [-0.4, -0.2) is 45.5 Å². The minimum Gasteiger partial charge on any atom is -0.370 e. The molecule has 10 nitrogen and oxygen atoms in total. The van der Waals surface area contributed by atoms with E-state index in [9.17, 15) is 27.6 Å². The van der Waals surface area contributed by atoms with Gasteiger partial charge in [-0.25, -0.2) is 4.39 Å². The van der Waals surface area contributed by atoms with E-state index in [0.29, 0.717) is 33.5 Å². The van der Waals surface area contributed by atoms with E-state index in [1.807, 2.05) is 58.0 Å². The summed E-state index contributed by atoms with van der Waals surface area (Å²) >= 11 is 1.37. The van der Waals surface area contributed by atoms with Crippen LogP contribution in [0.15, 0.2) is 72.3 Å². The highest BCUT2D eigenvalue weighted by Crippen LogP contribution is 2.36. The molecule has 1 aliphatic rings. The average Bonchev–Trinajstić information content (AvgIpc) is 3.61. The molecule has 0 aliphatic carbocycles. The van der Waals surface area contributed by atoms with E-state index in [-0.39, 0.29) is 35.5 Å². The first-order valence-corrected chi connectivity index (χ1v) is 17.5. The van der Waals surface area contributed by atoms with E-state index in [1.165, 1.54) is 42.7 Å². The number of carbonyl (C=O) groups excluding carboxylic acids is 3. The molecule has 15 heteroatoms. The number of halogens is 3. The molecule has 1 fully saturated rings. The zero-order chi connectivity index (χ0) is 38.3. The van der Waals surface area contributed by atoms with Crippen molar-refractivity contribution in [1.29, 1.82) is 5.26 Å². The second-order valence-electron chi connectivity index (χ2n) is 12.3. The Balaban J connectivity index is 0.000000251. The lowest BCUT2D eigenvalue weighted by atomic mass is 10.1. The number of nitrogens with zero attached hydrogens (tertiary/aromatic N) is 4. The Labute approximate surface area is 306 Å². The number of benzene rings is 3. The first-order chi connectivity index (χ1) is 24.5. The molecule has 2 N–H and O–H groups in total. The van der Waals surface area contributed by atoms with Gasteiger partial charge in [-0.3, -0.25) is 24.0 Å². The summed E-state index contributed by atoms with van der Waals surface area (Å²) in [4.78, 5) is 37.9. The van der Waals surface area contributed by atoms with Crippen LogP contribution in [0.5, 0.6) is 0 Å². The van der Waals surface area contributed by atoms with E-state index in [1.54, 1.807) is 25.2 Å². The number of alkyl halides is 2. The standard InChI is InChI=1S/C23H22FN5O2.C14H16F2NO2PS/c1-13(2)22(30)26-19-8-7-15(9-14(19)3)20-11-21(29(4)28-20)27-23(31)16-5-6-17(12-25)18(24)10-16;1-9-3-4-11(6-19-8-14(15,16)20)12(5-9)17-10(2)21-7-13(17)18/h5-11,13H,1-4H3,(H,26,30)(H,27,31);3-5H,2,6-8,20H2,1H3. The molecule has 4 aromatic rings. The third-order valence-electron chi connectivity index (χ3n) is 7.67. The lowest BCUT2D eigenvalue weighted by molar-refractivity contribution is -0.119. The summed E-state index contributed by atoms with van der Waals surface area (Å²) < 4.78 is 45.9. The second kappa shape index (κ2) is 17.0. The number of anilines is 3. The van der Waals surface area contributed by atoms with Crippen LogP contribution in [0.2, 0.25) is 0 Å². The van der Waals surface area contributed by atoms with Gasteiger partial charge in [-0.2, -0.15) is 19.1 Å². The Bertz CT molecular complexity index is 2040. The Morgan fingerprint density at radius 3 is 2.44 bits per heavy atom. The molecule has 1 saturated heterocycles. The quantitative estimate of drug-likeness (QED) is 0.158. The smallest absolute Gasteiger partial charge is 0.281 e. The highest BCUT2D eigenvalue weighted by Gasteiger charge is 2.29. The number of aromatic nitrogens is 2. The van der Waals surface area contributed by atoms with Crippen molar-refractivity contribution in [2.75, 3.05) is 27.9 Å². The minimum atomic E-state index is -2.95. The van der Waals surface area contributed by atoms with E-state index < -0.39 is 24.0 Å². The van der Waals surface area contributed by atoms with Gasteiger partial charge < -0.3 is 15.4 Å². The number of aryl methyl sites for hydroxylation is 3. The number of amides is 3. The zero-order valence-electron chi connectivity index (χ0n) is 29.2. The molecule has 0 saturated carbocycles. The van der Waals surface area contributed by atoms with Crippen molar-refractivity contribution in [2.45, 2.75) is 40.0 Å². The summed E-state index contributed by atoms with van der Waals surface area (Å²) in [6.07, 6.45) is 0. The van der Waals surface area contributed by atoms with E-state index in [0.717, 1.165) is 28.4 Å². The Hall–Kier alpha value is -4.96. The van der Waals surface area contributed by atoms with Gasteiger partial charge in [0.1, 0.15) is 24.3 Å². The molecule has 52 heavy (non-hydrogen) atoms. The van der Waals surface area contributed by atoms with Crippen LogP contribution in [0.4, 0.5) is 30.4 Å². The molecule has 1 aliphatic heterocycles. The molecular formula is C37H38F3N6O4PS. The Kier molecular flexibility index (Phi) is 13.0. The molecular weight excluding hydrogens is 712 g/mol.